The Labute approximate surface area is 138 Å². The van der Waals surface area contributed by atoms with Crippen LogP contribution in [0.4, 0.5) is 0 Å². The van der Waals surface area contributed by atoms with Gasteiger partial charge in [-0.2, -0.15) is 0 Å². The molecule has 0 radical (unpaired) electrons. The van der Waals surface area contributed by atoms with Crippen LogP contribution in [-0.4, -0.2) is 11.4 Å². The summed E-state index contributed by atoms with van der Waals surface area (Å²) < 4.78 is 12.7. The molecular formula is C18H17BrO3. The molecule has 0 atom stereocenters. The minimum atomic E-state index is -0.465. The number of Topliss-reactive ketones (excluding diaryl/α,β-unsaturated/α-hetero) is 1. The maximum atomic E-state index is 12.1. The zero-order valence-corrected chi connectivity index (χ0v) is 14.1. The van der Waals surface area contributed by atoms with E-state index in [0.29, 0.717) is 30.1 Å². The van der Waals surface area contributed by atoms with Gasteiger partial charge in [-0.05, 0) is 43.7 Å². The van der Waals surface area contributed by atoms with Gasteiger partial charge in [0.2, 0.25) is 0 Å². The molecule has 1 aliphatic rings. The van der Waals surface area contributed by atoms with Crippen LogP contribution in [0.1, 0.15) is 36.2 Å². The molecule has 4 heteroatoms. The highest BCUT2D eigenvalue weighted by atomic mass is 79.9. The van der Waals surface area contributed by atoms with E-state index in [-0.39, 0.29) is 5.78 Å². The normalized spacial score (nSPS) is 15.9. The molecule has 22 heavy (non-hydrogen) atoms. The van der Waals surface area contributed by atoms with E-state index in [4.69, 9.17) is 9.47 Å². The Kier molecular flexibility index (Phi) is 3.96. The number of fused-ring (bicyclic) bond motifs is 1. The highest BCUT2D eigenvalue weighted by Crippen LogP contribution is 2.35. The lowest BCUT2D eigenvalue weighted by Gasteiger charge is -2.31. The van der Waals surface area contributed by atoms with Gasteiger partial charge < -0.3 is 9.47 Å². The van der Waals surface area contributed by atoms with Gasteiger partial charge in [0.15, 0.2) is 5.78 Å². The van der Waals surface area contributed by atoms with Crippen molar-refractivity contribution in [3.8, 4) is 11.5 Å². The molecule has 114 valence electrons. The summed E-state index contributed by atoms with van der Waals surface area (Å²) in [6.45, 7) is 4.31. The van der Waals surface area contributed by atoms with Gasteiger partial charge in [-0.25, -0.2) is 0 Å². The van der Waals surface area contributed by atoms with Gasteiger partial charge in [0.25, 0.3) is 0 Å². The van der Waals surface area contributed by atoms with Crippen molar-refractivity contribution in [3.63, 3.8) is 0 Å². The number of hydrogen-bond donors (Lipinski definition) is 0. The topological polar surface area (TPSA) is 35.5 Å². The second-order valence-electron chi connectivity index (χ2n) is 6.04. The summed E-state index contributed by atoms with van der Waals surface area (Å²) in [7, 11) is 0. The number of ketones is 1. The summed E-state index contributed by atoms with van der Waals surface area (Å²) in [5.74, 6) is 1.42. The van der Waals surface area contributed by atoms with Crippen molar-refractivity contribution in [1.29, 1.82) is 0 Å². The fourth-order valence-electron chi connectivity index (χ4n) is 2.52. The van der Waals surface area contributed by atoms with Gasteiger partial charge in [0, 0.05) is 10.5 Å². The SMILES string of the molecule is CC1(C)CC(=O)c2ccc(OCc3cccc(Br)c3)cc2O1. The summed E-state index contributed by atoms with van der Waals surface area (Å²) >= 11 is 3.44. The van der Waals surface area contributed by atoms with Crippen LogP contribution in [0.5, 0.6) is 11.5 Å². The molecule has 3 nitrogen and oxygen atoms in total. The van der Waals surface area contributed by atoms with E-state index in [9.17, 15) is 4.79 Å². The number of carbonyl (C=O) groups is 1. The lowest BCUT2D eigenvalue weighted by molar-refractivity contribution is 0.0618. The van der Waals surface area contributed by atoms with Gasteiger partial charge in [-0.1, -0.05) is 28.1 Å². The maximum Gasteiger partial charge on any atom is 0.170 e. The largest absolute Gasteiger partial charge is 0.489 e. The Hall–Kier alpha value is -1.81. The van der Waals surface area contributed by atoms with Crippen LogP contribution in [0.2, 0.25) is 0 Å². The molecule has 0 aliphatic carbocycles. The van der Waals surface area contributed by atoms with Crippen molar-refractivity contribution >= 4 is 21.7 Å². The molecule has 1 heterocycles. The van der Waals surface area contributed by atoms with E-state index in [1.165, 1.54) is 0 Å². The Balaban J connectivity index is 1.78. The predicted octanol–water partition coefficient (Wildman–Crippen LogP) is 4.77. The van der Waals surface area contributed by atoms with Gasteiger partial charge in [-0.15, -0.1) is 0 Å². The van der Waals surface area contributed by atoms with Gasteiger partial charge in [0.05, 0.1) is 12.0 Å². The van der Waals surface area contributed by atoms with Crippen LogP contribution >= 0.6 is 15.9 Å². The standard InChI is InChI=1S/C18H17BrO3/c1-18(2)10-16(20)15-7-6-14(9-17(15)22-18)21-11-12-4-3-5-13(19)8-12/h3-9H,10-11H2,1-2H3. The second kappa shape index (κ2) is 5.76. The van der Waals surface area contributed by atoms with Crippen LogP contribution in [0.25, 0.3) is 0 Å². The summed E-state index contributed by atoms with van der Waals surface area (Å²) in [4.78, 5) is 12.1. The van der Waals surface area contributed by atoms with E-state index in [2.05, 4.69) is 15.9 Å². The first-order valence-electron chi connectivity index (χ1n) is 7.16. The summed E-state index contributed by atoms with van der Waals surface area (Å²) in [5.41, 5.74) is 1.24. The Morgan fingerprint density at radius 3 is 2.82 bits per heavy atom. The fourth-order valence-corrected chi connectivity index (χ4v) is 2.96. The highest BCUT2D eigenvalue weighted by Gasteiger charge is 2.32. The molecule has 2 aromatic rings. The first-order chi connectivity index (χ1) is 10.4. The molecule has 0 amide bonds. The smallest absolute Gasteiger partial charge is 0.170 e. The monoisotopic (exact) mass is 360 g/mol. The molecule has 0 fully saturated rings. The van der Waals surface area contributed by atoms with Crippen molar-refractivity contribution in [2.75, 3.05) is 0 Å². The highest BCUT2D eigenvalue weighted by molar-refractivity contribution is 9.10. The van der Waals surface area contributed by atoms with Crippen molar-refractivity contribution in [2.24, 2.45) is 0 Å². The second-order valence-corrected chi connectivity index (χ2v) is 6.95. The minimum Gasteiger partial charge on any atom is -0.489 e. The van der Waals surface area contributed by atoms with E-state index < -0.39 is 5.60 Å². The van der Waals surface area contributed by atoms with Crippen LogP contribution in [-0.2, 0) is 6.61 Å². The average molecular weight is 361 g/mol. The molecular weight excluding hydrogens is 344 g/mol. The van der Waals surface area contributed by atoms with Crippen molar-refractivity contribution in [1.82, 2.24) is 0 Å². The molecule has 0 bridgehead atoms. The first kappa shape index (κ1) is 15.1. The molecule has 0 saturated heterocycles. The van der Waals surface area contributed by atoms with Crippen molar-refractivity contribution < 1.29 is 14.3 Å². The first-order valence-corrected chi connectivity index (χ1v) is 7.96. The molecule has 2 aromatic carbocycles. The van der Waals surface area contributed by atoms with Gasteiger partial charge >= 0.3 is 0 Å². The minimum absolute atomic E-state index is 0.116. The maximum absolute atomic E-state index is 12.1. The number of halogens is 1. The van der Waals surface area contributed by atoms with Crippen LogP contribution in [0, 0.1) is 0 Å². The molecule has 3 rings (SSSR count). The number of hydrogen-bond acceptors (Lipinski definition) is 3. The predicted molar refractivity (Wildman–Crippen MR) is 88.6 cm³/mol. The van der Waals surface area contributed by atoms with Gasteiger partial charge in [-0.3, -0.25) is 4.79 Å². The van der Waals surface area contributed by atoms with Gasteiger partial charge in [0.1, 0.15) is 23.7 Å². The molecule has 0 N–H and O–H groups in total. The number of ether oxygens (including phenoxy) is 2. The molecule has 0 unspecified atom stereocenters. The lowest BCUT2D eigenvalue weighted by Crippen LogP contribution is -2.35. The Morgan fingerprint density at radius 1 is 1.23 bits per heavy atom. The van der Waals surface area contributed by atoms with E-state index >= 15 is 0 Å². The van der Waals surface area contributed by atoms with Crippen molar-refractivity contribution in [3.05, 3.63) is 58.1 Å². The van der Waals surface area contributed by atoms with Crippen LogP contribution in [0.3, 0.4) is 0 Å². The third-order valence-corrected chi connectivity index (χ3v) is 4.01. The molecule has 0 aromatic heterocycles. The number of rotatable bonds is 3. The number of benzene rings is 2. The fraction of sp³-hybridized carbons (Fsp3) is 0.278. The van der Waals surface area contributed by atoms with E-state index in [1.54, 1.807) is 12.1 Å². The Bertz CT molecular complexity index is 722. The molecule has 0 saturated carbocycles. The third kappa shape index (κ3) is 3.33. The van der Waals surface area contributed by atoms with Crippen LogP contribution in [0.15, 0.2) is 46.9 Å². The van der Waals surface area contributed by atoms with E-state index in [0.717, 1.165) is 10.0 Å². The van der Waals surface area contributed by atoms with Crippen LogP contribution < -0.4 is 9.47 Å². The molecule has 0 spiro atoms. The third-order valence-electron chi connectivity index (χ3n) is 3.52. The summed E-state index contributed by atoms with van der Waals surface area (Å²) in [6, 6.07) is 13.4. The Morgan fingerprint density at radius 2 is 2.05 bits per heavy atom. The average Bonchev–Trinajstić information content (AvgIpc) is 2.43. The quantitative estimate of drug-likeness (QED) is 0.790. The molecule has 1 aliphatic heterocycles. The van der Waals surface area contributed by atoms with E-state index in [1.807, 2.05) is 44.2 Å². The summed E-state index contributed by atoms with van der Waals surface area (Å²) in [6.07, 6.45) is 0.401. The zero-order valence-electron chi connectivity index (χ0n) is 12.6. The zero-order chi connectivity index (χ0) is 15.7. The lowest BCUT2D eigenvalue weighted by atomic mass is 9.93. The van der Waals surface area contributed by atoms with Crippen molar-refractivity contribution in [2.45, 2.75) is 32.5 Å². The summed E-state index contributed by atoms with van der Waals surface area (Å²) in [5, 5.41) is 0. The number of carbonyl (C=O) groups excluding carboxylic acids is 1.